The van der Waals surface area contributed by atoms with Crippen LogP contribution in [-0.4, -0.2) is 32.6 Å². The Kier molecular flexibility index (Phi) is 3.28. The molecule has 0 amide bonds. The number of nitrogens with zero attached hydrogens (tertiary/aromatic N) is 4. The van der Waals surface area contributed by atoms with Gasteiger partial charge < -0.3 is 21.7 Å². The molecule has 0 fully saturated rings. The van der Waals surface area contributed by atoms with Gasteiger partial charge in [-0.2, -0.15) is 5.10 Å². The minimum Gasteiger partial charge on any atom is -0.504 e. The van der Waals surface area contributed by atoms with Gasteiger partial charge >= 0.3 is 0 Å². The van der Waals surface area contributed by atoms with Crippen molar-refractivity contribution in [2.75, 3.05) is 5.73 Å². The molecule has 0 atom stereocenters. The summed E-state index contributed by atoms with van der Waals surface area (Å²) in [5, 5.41) is 32.5. The number of nitrogens with two attached hydrogens (primary N) is 2. The van der Waals surface area contributed by atoms with E-state index in [4.69, 9.17) is 16.6 Å². The van der Waals surface area contributed by atoms with Crippen molar-refractivity contribution in [1.29, 1.82) is 0 Å². The third-order valence-electron chi connectivity index (χ3n) is 2.13. The lowest BCUT2D eigenvalue weighted by Crippen LogP contribution is -2.15. The van der Waals surface area contributed by atoms with Crippen LogP contribution in [0.1, 0.15) is 11.3 Å². The highest BCUT2D eigenvalue weighted by atomic mass is 16.6. The van der Waals surface area contributed by atoms with Crippen LogP contribution >= 0.6 is 0 Å². The summed E-state index contributed by atoms with van der Waals surface area (Å²) < 4.78 is 4.36. The molecule has 1 aromatic carbocycles. The Hall–Kier alpha value is -3.10. The molecule has 0 radical (unpaired) electrons. The first-order chi connectivity index (χ1) is 9.08. The smallest absolute Gasteiger partial charge is 0.199 e. The van der Waals surface area contributed by atoms with E-state index in [1.807, 2.05) is 0 Å². The van der Waals surface area contributed by atoms with Crippen LogP contribution in [0.5, 0.6) is 11.5 Å². The molecule has 1 aromatic heterocycles. The van der Waals surface area contributed by atoms with Crippen molar-refractivity contribution in [2.24, 2.45) is 15.9 Å². The average molecular weight is 262 g/mol. The van der Waals surface area contributed by atoms with Crippen molar-refractivity contribution in [3.8, 4) is 11.5 Å². The number of hydrogen-bond donors (Lipinski definition) is 4. The molecule has 0 bridgehead atoms. The molecule has 6 N–H and O–H groups in total. The summed E-state index contributed by atoms with van der Waals surface area (Å²) in [5.74, 6) is -0.524. The average Bonchev–Trinajstić information content (AvgIpc) is 2.80. The van der Waals surface area contributed by atoms with Crippen LogP contribution in [0.2, 0.25) is 0 Å². The zero-order chi connectivity index (χ0) is 13.8. The number of anilines is 1. The van der Waals surface area contributed by atoms with Crippen LogP contribution in [0.15, 0.2) is 33.0 Å². The normalized spacial score (nSPS) is 12.1. The topological polar surface area (TPSA) is 156 Å². The SMILES string of the molecule is N/C(=N/N=C\c1ccc(O)c(O)c1)c1nonc1N. The monoisotopic (exact) mass is 262 g/mol. The molecule has 2 rings (SSSR count). The van der Waals surface area contributed by atoms with Crippen molar-refractivity contribution in [2.45, 2.75) is 0 Å². The van der Waals surface area contributed by atoms with E-state index in [2.05, 4.69) is 25.1 Å². The highest BCUT2D eigenvalue weighted by molar-refractivity contribution is 5.99. The van der Waals surface area contributed by atoms with E-state index in [0.717, 1.165) is 0 Å². The van der Waals surface area contributed by atoms with Crippen molar-refractivity contribution >= 4 is 17.9 Å². The minimum atomic E-state index is -0.258. The van der Waals surface area contributed by atoms with Crippen LogP contribution in [-0.2, 0) is 0 Å². The van der Waals surface area contributed by atoms with E-state index in [1.165, 1.54) is 24.4 Å². The van der Waals surface area contributed by atoms with Crippen LogP contribution in [0.4, 0.5) is 5.82 Å². The Morgan fingerprint density at radius 3 is 2.68 bits per heavy atom. The lowest BCUT2D eigenvalue weighted by molar-refractivity contribution is 0.308. The van der Waals surface area contributed by atoms with Gasteiger partial charge in [0.05, 0.1) is 6.21 Å². The third-order valence-corrected chi connectivity index (χ3v) is 2.13. The fraction of sp³-hybridized carbons (Fsp3) is 0. The predicted molar refractivity (Wildman–Crippen MR) is 66.8 cm³/mol. The number of phenols is 2. The summed E-state index contributed by atoms with van der Waals surface area (Å²) >= 11 is 0. The lowest BCUT2D eigenvalue weighted by Gasteiger charge is -1.97. The van der Waals surface area contributed by atoms with Gasteiger partial charge in [-0.25, -0.2) is 4.63 Å². The molecule has 0 aliphatic heterocycles. The van der Waals surface area contributed by atoms with Crippen LogP contribution in [0.3, 0.4) is 0 Å². The number of amidine groups is 1. The molecule has 0 aliphatic rings. The molecule has 98 valence electrons. The minimum absolute atomic E-state index is 0.0127. The third kappa shape index (κ3) is 2.77. The van der Waals surface area contributed by atoms with E-state index in [-0.39, 0.29) is 28.8 Å². The number of hydrogen-bond acceptors (Lipinski definition) is 8. The van der Waals surface area contributed by atoms with Gasteiger partial charge in [0.1, 0.15) is 0 Å². The summed E-state index contributed by atoms with van der Waals surface area (Å²) in [6, 6.07) is 4.18. The van der Waals surface area contributed by atoms with Crippen molar-refractivity contribution < 1.29 is 14.8 Å². The Labute approximate surface area is 106 Å². The quantitative estimate of drug-likeness (QED) is 0.258. The molecule has 9 nitrogen and oxygen atoms in total. The summed E-state index contributed by atoms with van der Waals surface area (Å²) in [5.41, 5.74) is 11.6. The molecule has 9 heteroatoms. The molecule has 19 heavy (non-hydrogen) atoms. The Balaban J connectivity index is 2.15. The molecular formula is C10H10N6O3. The molecule has 0 saturated heterocycles. The van der Waals surface area contributed by atoms with Gasteiger partial charge in [0.25, 0.3) is 0 Å². The summed E-state index contributed by atoms with van der Waals surface area (Å²) in [6.07, 6.45) is 1.33. The Morgan fingerprint density at radius 2 is 2.05 bits per heavy atom. The van der Waals surface area contributed by atoms with E-state index in [9.17, 15) is 5.11 Å². The predicted octanol–water partition coefficient (Wildman–Crippen LogP) is -0.198. The van der Waals surface area contributed by atoms with Gasteiger partial charge in [-0.15, -0.1) is 5.10 Å². The summed E-state index contributed by atoms with van der Waals surface area (Å²) in [4.78, 5) is 0. The van der Waals surface area contributed by atoms with Crippen LogP contribution < -0.4 is 11.5 Å². The number of aromatic nitrogens is 2. The Morgan fingerprint density at radius 1 is 1.26 bits per heavy atom. The second kappa shape index (κ2) is 5.04. The van der Waals surface area contributed by atoms with Gasteiger partial charge in [-0.1, -0.05) is 0 Å². The number of benzene rings is 1. The van der Waals surface area contributed by atoms with Gasteiger partial charge in [0.2, 0.25) is 0 Å². The van der Waals surface area contributed by atoms with E-state index >= 15 is 0 Å². The summed E-state index contributed by atoms with van der Waals surface area (Å²) in [7, 11) is 0. The molecule has 2 aromatic rings. The number of nitrogen functional groups attached to an aromatic ring is 1. The first-order valence-electron chi connectivity index (χ1n) is 5.05. The molecular weight excluding hydrogens is 252 g/mol. The molecule has 0 spiro atoms. The maximum absolute atomic E-state index is 9.28. The van der Waals surface area contributed by atoms with Crippen LogP contribution in [0, 0.1) is 0 Å². The van der Waals surface area contributed by atoms with Gasteiger partial charge in [0, 0.05) is 0 Å². The van der Waals surface area contributed by atoms with Gasteiger partial charge in [-0.05, 0) is 34.1 Å². The van der Waals surface area contributed by atoms with Gasteiger partial charge in [0.15, 0.2) is 28.8 Å². The number of rotatable bonds is 3. The van der Waals surface area contributed by atoms with Crippen molar-refractivity contribution in [3.05, 3.63) is 29.5 Å². The van der Waals surface area contributed by atoms with Crippen LogP contribution in [0.25, 0.3) is 0 Å². The number of phenolic OH excluding ortho intramolecular Hbond substituents is 2. The first-order valence-corrected chi connectivity index (χ1v) is 5.05. The van der Waals surface area contributed by atoms with E-state index in [1.54, 1.807) is 0 Å². The zero-order valence-corrected chi connectivity index (χ0v) is 9.56. The maximum atomic E-state index is 9.28. The highest BCUT2D eigenvalue weighted by Gasteiger charge is 2.09. The fourth-order valence-electron chi connectivity index (χ4n) is 1.20. The number of aromatic hydroxyl groups is 2. The second-order valence-corrected chi connectivity index (χ2v) is 3.48. The van der Waals surface area contributed by atoms with Gasteiger partial charge in [-0.3, -0.25) is 0 Å². The maximum Gasteiger partial charge on any atom is 0.199 e. The standard InChI is InChI=1S/C10H10N6O3/c11-9(8-10(12)16-19-15-8)14-13-4-5-1-2-6(17)7(18)3-5/h1-4,17-18H,(H2,11,14)(H2,12,16)/b13-4-. The zero-order valence-electron chi connectivity index (χ0n) is 9.56. The summed E-state index contributed by atoms with van der Waals surface area (Å²) in [6.45, 7) is 0. The lowest BCUT2D eigenvalue weighted by atomic mass is 10.2. The Bertz CT molecular complexity index is 648. The fourth-order valence-corrected chi connectivity index (χ4v) is 1.20. The van der Waals surface area contributed by atoms with E-state index < -0.39 is 0 Å². The van der Waals surface area contributed by atoms with E-state index in [0.29, 0.717) is 5.56 Å². The molecule has 0 aliphatic carbocycles. The molecule has 0 unspecified atom stereocenters. The van der Waals surface area contributed by atoms with Crippen molar-refractivity contribution in [3.63, 3.8) is 0 Å². The largest absolute Gasteiger partial charge is 0.504 e. The molecule has 1 heterocycles. The van der Waals surface area contributed by atoms with Crippen molar-refractivity contribution in [1.82, 2.24) is 10.3 Å². The first kappa shape index (κ1) is 12.4. The highest BCUT2D eigenvalue weighted by Crippen LogP contribution is 2.23. The second-order valence-electron chi connectivity index (χ2n) is 3.48. The molecule has 0 saturated carbocycles.